The average Bonchev–Trinajstić information content (AvgIpc) is 2.03. The summed E-state index contributed by atoms with van der Waals surface area (Å²) in [7, 11) is 3.59. The Morgan fingerprint density at radius 1 is 1.15 bits per heavy atom. The zero-order valence-corrected chi connectivity index (χ0v) is 9.40. The number of carbonyl (C=O) groups excluding carboxylic acids is 1. The lowest BCUT2D eigenvalue weighted by molar-refractivity contribution is -0.128. The van der Waals surface area contributed by atoms with Gasteiger partial charge in [-0.05, 0) is 19.4 Å². The summed E-state index contributed by atoms with van der Waals surface area (Å²) < 4.78 is 0. The number of halogens is 1. The Bertz CT molecular complexity index is 129. The topological polar surface area (TPSA) is 46.3 Å². The van der Waals surface area contributed by atoms with E-state index in [1.54, 1.807) is 19.0 Å². The second-order valence-electron chi connectivity index (χ2n) is 3.24. The second kappa shape index (κ2) is 9.81. The van der Waals surface area contributed by atoms with Crippen LogP contribution in [0.3, 0.4) is 0 Å². The molecule has 0 heterocycles. The highest BCUT2D eigenvalue weighted by Crippen LogP contribution is 2.03. The van der Waals surface area contributed by atoms with E-state index in [1.807, 2.05) is 0 Å². The maximum absolute atomic E-state index is 11.1. The van der Waals surface area contributed by atoms with Gasteiger partial charge in [0, 0.05) is 20.5 Å². The molecule has 0 aromatic rings. The lowest BCUT2D eigenvalue weighted by Gasteiger charge is -2.09. The van der Waals surface area contributed by atoms with Gasteiger partial charge in [0.05, 0.1) is 0 Å². The molecule has 0 fully saturated rings. The zero-order valence-electron chi connectivity index (χ0n) is 8.58. The quantitative estimate of drug-likeness (QED) is 0.671. The van der Waals surface area contributed by atoms with Crippen LogP contribution < -0.4 is 5.73 Å². The number of hydrogen-bond donors (Lipinski definition) is 1. The molecule has 0 saturated carbocycles. The van der Waals surface area contributed by atoms with Crippen molar-refractivity contribution in [1.82, 2.24) is 4.90 Å². The van der Waals surface area contributed by atoms with Crippen molar-refractivity contribution < 1.29 is 4.79 Å². The maximum Gasteiger partial charge on any atom is 0.222 e. The molecular formula is C9H21ClN2O. The molecule has 0 atom stereocenters. The zero-order chi connectivity index (χ0) is 9.40. The highest BCUT2D eigenvalue weighted by Gasteiger charge is 2.01. The van der Waals surface area contributed by atoms with Crippen molar-refractivity contribution in [3.05, 3.63) is 0 Å². The smallest absolute Gasteiger partial charge is 0.222 e. The van der Waals surface area contributed by atoms with Gasteiger partial charge in [-0.1, -0.05) is 12.8 Å². The molecule has 0 radical (unpaired) electrons. The van der Waals surface area contributed by atoms with E-state index in [1.165, 1.54) is 0 Å². The third kappa shape index (κ3) is 9.64. The molecule has 0 aromatic heterocycles. The van der Waals surface area contributed by atoms with Gasteiger partial charge >= 0.3 is 0 Å². The number of nitrogens with zero attached hydrogens (tertiary/aromatic N) is 1. The predicted molar refractivity (Wildman–Crippen MR) is 58.1 cm³/mol. The molecule has 3 nitrogen and oxygen atoms in total. The van der Waals surface area contributed by atoms with Crippen LogP contribution in [0.5, 0.6) is 0 Å². The number of nitrogens with two attached hydrogens (primary N) is 1. The van der Waals surface area contributed by atoms with E-state index in [4.69, 9.17) is 5.73 Å². The van der Waals surface area contributed by atoms with E-state index in [2.05, 4.69) is 0 Å². The SMILES string of the molecule is CN(C)C(=O)CCCCCCN.Cl. The minimum absolute atomic E-state index is 0. The van der Waals surface area contributed by atoms with Crippen LogP contribution in [0, 0.1) is 0 Å². The van der Waals surface area contributed by atoms with Crippen LogP contribution >= 0.6 is 12.4 Å². The Labute approximate surface area is 87.1 Å². The molecule has 0 aliphatic heterocycles. The molecule has 0 spiro atoms. The molecule has 13 heavy (non-hydrogen) atoms. The number of rotatable bonds is 6. The Balaban J connectivity index is 0. The summed E-state index contributed by atoms with van der Waals surface area (Å²) in [5, 5.41) is 0. The van der Waals surface area contributed by atoms with Gasteiger partial charge in [0.1, 0.15) is 0 Å². The molecule has 0 aliphatic rings. The van der Waals surface area contributed by atoms with Gasteiger partial charge in [-0.25, -0.2) is 0 Å². The van der Waals surface area contributed by atoms with Gasteiger partial charge < -0.3 is 10.6 Å². The fourth-order valence-electron chi connectivity index (χ4n) is 0.998. The minimum Gasteiger partial charge on any atom is -0.349 e. The van der Waals surface area contributed by atoms with Crippen LogP contribution in [0.1, 0.15) is 32.1 Å². The first kappa shape index (κ1) is 15.2. The van der Waals surface area contributed by atoms with Gasteiger partial charge in [-0.2, -0.15) is 0 Å². The standard InChI is InChI=1S/C9H20N2O.ClH/c1-11(2)9(12)7-5-3-4-6-8-10;/h3-8,10H2,1-2H3;1H. The van der Waals surface area contributed by atoms with E-state index >= 15 is 0 Å². The Hall–Kier alpha value is -0.280. The first-order valence-electron chi connectivity index (χ1n) is 4.58. The normalized spacial score (nSPS) is 9.15. The first-order valence-corrected chi connectivity index (χ1v) is 4.58. The summed E-state index contributed by atoms with van der Waals surface area (Å²) in [5.41, 5.74) is 5.34. The minimum atomic E-state index is 0. The van der Waals surface area contributed by atoms with Gasteiger partial charge in [0.15, 0.2) is 0 Å². The van der Waals surface area contributed by atoms with Crippen molar-refractivity contribution in [1.29, 1.82) is 0 Å². The summed E-state index contributed by atoms with van der Waals surface area (Å²) in [6.45, 7) is 0.766. The van der Waals surface area contributed by atoms with E-state index in [0.717, 1.165) is 32.2 Å². The van der Waals surface area contributed by atoms with Crippen molar-refractivity contribution in [2.45, 2.75) is 32.1 Å². The fourth-order valence-corrected chi connectivity index (χ4v) is 0.998. The lowest BCUT2D eigenvalue weighted by Crippen LogP contribution is -2.21. The van der Waals surface area contributed by atoms with Crippen molar-refractivity contribution in [2.75, 3.05) is 20.6 Å². The van der Waals surface area contributed by atoms with Crippen LogP contribution in [0.25, 0.3) is 0 Å². The number of amides is 1. The van der Waals surface area contributed by atoms with E-state index in [-0.39, 0.29) is 18.3 Å². The molecule has 0 unspecified atom stereocenters. The van der Waals surface area contributed by atoms with E-state index in [0.29, 0.717) is 6.42 Å². The second-order valence-corrected chi connectivity index (χ2v) is 3.24. The van der Waals surface area contributed by atoms with Crippen LogP contribution in [0.15, 0.2) is 0 Å². The molecule has 0 bridgehead atoms. The van der Waals surface area contributed by atoms with E-state index in [9.17, 15) is 4.79 Å². The highest BCUT2D eigenvalue weighted by atomic mass is 35.5. The molecule has 0 aromatic carbocycles. The van der Waals surface area contributed by atoms with Crippen molar-refractivity contribution in [3.8, 4) is 0 Å². The van der Waals surface area contributed by atoms with Crippen LogP contribution in [0.2, 0.25) is 0 Å². The van der Waals surface area contributed by atoms with Crippen molar-refractivity contribution in [2.24, 2.45) is 5.73 Å². The van der Waals surface area contributed by atoms with Gasteiger partial charge in [0.25, 0.3) is 0 Å². The number of carbonyl (C=O) groups is 1. The maximum atomic E-state index is 11.1. The summed E-state index contributed by atoms with van der Waals surface area (Å²) in [4.78, 5) is 12.7. The summed E-state index contributed by atoms with van der Waals surface area (Å²) >= 11 is 0. The number of unbranched alkanes of at least 4 members (excludes halogenated alkanes) is 3. The molecule has 0 aliphatic carbocycles. The molecule has 4 heteroatoms. The lowest BCUT2D eigenvalue weighted by atomic mass is 10.1. The molecule has 0 rings (SSSR count). The third-order valence-corrected chi connectivity index (χ3v) is 1.84. The van der Waals surface area contributed by atoms with Gasteiger partial charge in [0.2, 0.25) is 5.91 Å². The van der Waals surface area contributed by atoms with Crippen LogP contribution in [-0.4, -0.2) is 31.4 Å². The average molecular weight is 209 g/mol. The largest absolute Gasteiger partial charge is 0.349 e. The predicted octanol–water partition coefficient (Wildman–Crippen LogP) is 1.41. The van der Waals surface area contributed by atoms with Crippen LogP contribution in [-0.2, 0) is 4.79 Å². The van der Waals surface area contributed by atoms with Gasteiger partial charge in [-0.3, -0.25) is 4.79 Å². The van der Waals surface area contributed by atoms with Crippen molar-refractivity contribution in [3.63, 3.8) is 0 Å². The Kier molecular flexibility index (Phi) is 11.5. The molecular weight excluding hydrogens is 188 g/mol. The summed E-state index contributed by atoms with van der Waals surface area (Å²) in [6.07, 6.45) is 5.03. The van der Waals surface area contributed by atoms with Crippen molar-refractivity contribution >= 4 is 18.3 Å². The first-order chi connectivity index (χ1) is 5.68. The molecule has 0 saturated heterocycles. The fraction of sp³-hybridized carbons (Fsp3) is 0.889. The third-order valence-electron chi connectivity index (χ3n) is 1.84. The van der Waals surface area contributed by atoms with E-state index < -0.39 is 0 Å². The van der Waals surface area contributed by atoms with Crippen LogP contribution in [0.4, 0.5) is 0 Å². The molecule has 1 amide bonds. The summed E-state index contributed by atoms with van der Waals surface area (Å²) in [6, 6.07) is 0. The molecule has 80 valence electrons. The molecule has 2 N–H and O–H groups in total. The van der Waals surface area contributed by atoms with Gasteiger partial charge in [-0.15, -0.1) is 12.4 Å². The monoisotopic (exact) mass is 208 g/mol. The Morgan fingerprint density at radius 3 is 2.15 bits per heavy atom. The highest BCUT2D eigenvalue weighted by molar-refractivity contribution is 5.85. The number of hydrogen-bond acceptors (Lipinski definition) is 2. The summed E-state index contributed by atoms with van der Waals surface area (Å²) in [5.74, 6) is 0.225. The Morgan fingerprint density at radius 2 is 1.69 bits per heavy atom.